The molecule has 1 saturated heterocycles. The molecule has 2 heterocycles. The number of Topliss-reactive ketones (excluding diaryl/α,β-unsaturated/α-hetero) is 1. The topological polar surface area (TPSA) is 59.5 Å². The van der Waals surface area contributed by atoms with Gasteiger partial charge >= 0.3 is 0 Å². The number of carbonyl (C=O) groups excluding carboxylic acids is 2. The van der Waals surface area contributed by atoms with Crippen LogP contribution in [0.3, 0.4) is 0 Å². The molecule has 0 bridgehead atoms. The van der Waals surface area contributed by atoms with Gasteiger partial charge in [-0.1, -0.05) is 0 Å². The summed E-state index contributed by atoms with van der Waals surface area (Å²) in [4.78, 5) is 31.7. The Balaban J connectivity index is 1.77. The number of thiazole rings is 1. The highest BCUT2D eigenvalue weighted by atomic mass is 32.1. The lowest BCUT2D eigenvalue weighted by Crippen LogP contribution is -2.42. The molecule has 1 fully saturated rings. The quantitative estimate of drug-likeness (QED) is 0.766. The molecule has 2 aromatic rings. The van der Waals surface area contributed by atoms with Crippen molar-refractivity contribution in [1.29, 1.82) is 0 Å². The molecule has 0 N–H and O–H groups in total. The van der Waals surface area contributed by atoms with Gasteiger partial charge in [0, 0.05) is 30.0 Å². The number of hydrogen-bond donors (Lipinski definition) is 0. The zero-order valence-corrected chi connectivity index (χ0v) is 16.5. The Morgan fingerprint density at radius 2 is 1.92 bits per heavy atom. The average Bonchev–Trinajstić information content (AvgIpc) is 3.06. The third-order valence-electron chi connectivity index (χ3n) is 4.87. The smallest absolute Gasteiger partial charge is 0.273 e. The number of carbonyl (C=O) groups is 2. The predicted molar refractivity (Wildman–Crippen MR) is 102 cm³/mol. The molecule has 5 nitrogen and oxygen atoms in total. The number of aromatic nitrogens is 1. The van der Waals surface area contributed by atoms with Crippen molar-refractivity contribution in [2.75, 3.05) is 20.2 Å². The Hall–Kier alpha value is -2.21. The first kappa shape index (κ1) is 18.6. The van der Waals surface area contributed by atoms with Crippen LogP contribution in [0.2, 0.25) is 0 Å². The third-order valence-corrected chi connectivity index (χ3v) is 5.64. The van der Waals surface area contributed by atoms with Gasteiger partial charge in [-0.3, -0.25) is 9.59 Å². The van der Waals surface area contributed by atoms with Crippen molar-refractivity contribution in [3.8, 4) is 5.75 Å². The molecule has 1 aliphatic rings. The van der Waals surface area contributed by atoms with Crippen LogP contribution in [-0.4, -0.2) is 41.8 Å². The standard InChI is InChI=1S/C20H24N2O3S/c1-12-8-16(9-13(2)19(12)25-4)18(23)15-6-5-7-22(10-15)20(24)17-11-26-14(3)21-17/h8-9,11,15H,5-7,10H2,1-4H3/t15-/m1/s1. The Bertz CT molecular complexity index is 820. The van der Waals surface area contributed by atoms with Crippen molar-refractivity contribution in [3.63, 3.8) is 0 Å². The zero-order chi connectivity index (χ0) is 18.8. The second-order valence-electron chi connectivity index (χ2n) is 6.85. The van der Waals surface area contributed by atoms with Gasteiger partial charge in [0.05, 0.1) is 12.1 Å². The number of piperidine rings is 1. The summed E-state index contributed by atoms with van der Waals surface area (Å²) in [5, 5.41) is 2.67. The summed E-state index contributed by atoms with van der Waals surface area (Å²) in [5.41, 5.74) is 3.09. The molecule has 0 radical (unpaired) electrons. The van der Waals surface area contributed by atoms with E-state index in [1.165, 1.54) is 11.3 Å². The van der Waals surface area contributed by atoms with E-state index in [1.807, 2.05) is 32.9 Å². The molecule has 6 heteroatoms. The van der Waals surface area contributed by atoms with Crippen LogP contribution in [0, 0.1) is 26.7 Å². The number of aryl methyl sites for hydroxylation is 3. The van der Waals surface area contributed by atoms with Crippen molar-refractivity contribution in [2.45, 2.75) is 33.6 Å². The van der Waals surface area contributed by atoms with Crippen LogP contribution in [0.5, 0.6) is 5.75 Å². The van der Waals surface area contributed by atoms with Crippen molar-refractivity contribution < 1.29 is 14.3 Å². The highest BCUT2D eigenvalue weighted by Gasteiger charge is 2.30. The van der Waals surface area contributed by atoms with E-state index in [2.05, 4.69) is 4.98 Å². The Kier molecular flexibility index (Phi) is 5.41. The minimum absolute atomic E-state index is 0.0751. The van der Waals surface area contributed by atoms with Gasteiger partial charge in [-0.05, 0) is 56.9 Å². The molecular weight excluding hydrogens is 348 g/mol. The molecule has 0 aliphatic carbocycles. The van der Waals surface area contributed by atoms with Crippen LogP contribution < -0.4 is 4.74 Å². The molecule has 1 amide bonds. The maximum Gasteiger partial charge on any atom is 0.273 e. The van der Waals surface area contributed by atoms with Crippen molar-refractivity contribution >= 4 is 23.0 Å². The van der Waals surface area contributed by atoms with Crippen LogP contribution in [0.15, 0.2) is 17.5 Å². The lowest BCUT2D eigenvalue weighted by molar-refractivity contribution is 0.0632. The first-order valence-corrected chi connectivity index (χ1v) is 9.69. The number of nitrogens with zero attached hydrogens (tertiary/aromatic N) is 2. The fraction of sp³-hybridized carbons (Fsp3) is 0.450. The van der Waals surface area contributed by atoms with Crippen molar-refractivity contribution in [3.05, 3.63) is 44.9 Å². The Morgan fingerprint density at radius 1 is 1.23 bits per heavy atom. The molecule has 0 unspecified atom stereocenters. The number of hydrogen-bond acceptors (Lipinski definition) is 5. The molecule has 1 aliphatic heterocycles. The van der Waals surface area contributed by atoms with Gasteiger partial charge < -0.3 is 9.64 Å². The van der Waals surface area contributed by atoms with E-state index in [0.29, 0.717) is 24.3 Å². The second kappa shape index (κ2) is 7.58. The Labute approximate surface area is 158 Å². The normalized spacial score (nSPS) is 17.2. The van der Waals surface area contributed by atoms with Gasteiger partial charge in [-0.2, -0.15) is 0 Å². The number of rotatable bonds is 4. The maximum absolute atomic E-state index is 13.0. The average molecular weight is 372 g/mol. The molecule has 0 spiro atoms. The van der Waals surface area contributed by atoms with Gasteiger partial charge in [-0.25, -0.2) is 4.98 Å². The van der Waals surface area contributed by atoms with E-state index < -0.39 is 0 Å². The fourth-order valence-electron chi connectivity index (χ4n) is 3.65. The van der Waals surface area contributed by atoms with E-state index in [0.717, 1.165) is 34.7 Å². The van der Waals surface area contributed by atoms with Gasteiger partial charge in [0.2, 0.25) is 0 Å². The van der Waals surface area contributed by atoms with Gasteiger partial charge in [0.25, 0.3) is 5.91 Å². The second-order valence-corrected chi connectivity index (χ2v) is 7.91. The third kappa shape index (κ3) is 3.65. The van der Waals surface area contributed by atoms with E-state index >= 15 is 0 Å². The first-order valence-electron chi connectivity index (χ1n) is 8.81. The fourth-order valence-corrected chi connectivity index (χ4v) is 4.24. The van der Waals surface area contributed by atoms with Crippen molar-refractivity contribution in [1.82, 2.24) is 9.88 Å². The molecule has 1 aromatic carbocycles. The maximum atomic E-state index is 13.0. The summed E-state index contributed by atoms with van der Waals surface area (Å²) in [6.45, 7) is 6.92. The molecule has 1 aromatic heterocycles. The molecule has 138 valence electrons. The molecule has 26 heavy (non-hydrogen) atoms. The van der Waals surface area contributed by atoms with Gasteiger partial charge in [-0.15, -0.1) is 11.3 Å². The summed E-state index contributed by atoms with van der Waals surface area (Å²) in [7, 11) is 1.64. The molecular formula is C20H24N2O3S. The van der Waals surface area contributed by atoms with E-state index in [4.69, 9.17) is 4.74 Å². The number of ketones is 1. The highest BCUT2D eigenvalue weighted by Crippen LogP contribution is 2.28. The summed E-state index contributed by atoms with van der Waals surface area (Å²) in [6, 6.07) is 3.78. The number of likely N-dealkylation sites (tertiary alicyclic amines) is 1. The number of ether oxygens (including phenoxy) is 1. The monoisotopic (exact) mass is 372 g/mol. The Morgan fingerprint density at radius 3 is 2.50 bits per heavy atom. The summed E-state index contributed by atoms with van der Waals surface area (Å²) in [6.07, 6.45) is 1.64. The lowest BCUT2D eigenvalue weighted by Gasteiger charge is -2.31. The SMILES string of the molecule is COc1c(C)cc(C(=O)[C@@H]2CCCN(C(=O)c3csc(C)n3)C2)cc1C. The van der Waals surface area contributed by atoms with Crippen LogP contribution in [0.1, 0.15) is 49.8 Å². The zero-order valence-electron chi connectivity index (χ0n) is 15.7. The minimum Gasteiger partial charge on any atom is -0.496 e. The summed E-state index contributed by atoms with van der Waals surface area (Å²) in [5.74, 6) is 0.681. The molecule has 0 saturated carbocycles. The van der Waals surface area contributed by atoms with Crippen LogP contribution in [0.25, 0.3) is 0 Å². The largest absolute Gasteiger partial charge is 0.496 e. The number of methoxy groups -OCH3 is 1. The van der Waals surface area contributed by atoms with Crippen LogP contribution >= 0.6 is 11.3 Å². The minimum atomic E-state index is -0.167. The lowest BCUT2D eigenvalue weighted by atomic mass is 9.88. The number of benzene rings is 1. The van der Waals surface area contributed by atoms with E-state index in [1.54, 1.807) is 17.4 Å². The van der Waals surface area contributed by atoms with Crippen LogP contribution in [-0.2, 0) is 0 Å². The highest BCUT2D eigenvalue weighted by molar-refractivity contribution is 7.09. The predicted octanol–water partition coefficient (Wildman–Crippen LogP) is 3.81. The first-order chi connectivity index (χ1) is 12.4. The van der Waals surface area contributed by atoms with Crippen LogP contribution in [0.4, 0.5) is 0 Å². The van der Waals surface area contributed by atoms with Gasteiger partial charge in [0.15, 0.2) is 5.78 Å². The number of amides is 1. The van der Waals surface area contributed by atoms with E-state index in [-0.39, 0.29) is 17.6 Å². The molecule has 3 rings (SSSR count). The van der Waals surface area contributed by atoms with Crippen molar-refractivity contribution in [2.24, 2.45) is 5.92 Å². The summed E-state index contributed by atoms with van der Waals surface area (Å²) >= 11 is 1.47. The van der Waals surface area contributed by atoms with E-state index in [9.17, 15) is 9.59 Å². The molecule has 1 atom stereocenters. The van der Waals surface area contributed by atoms with Gasteiger partial charge in [0.1, 0.15) is 11.4 Å². The summed E-state index contributed by atoms with van der Waals surface area (Å²) < 4.78 is 5.39.